The van der Waals surface area contributed by atoms with Crippen molar-refractivity contribution in [2.75, 3.05) is 6.61 Å². The van der Waals surface area contributed by atoms with Crippen molar-refractivity contribution in [1.82, 2.24) is 5.32 Å². The third-order valence-electron chi connectivity index (χ3n) is 3.42. The Morgan fingerprint density at radius 2 is 2.16 bits per heavy atom. The molecule has 2 rings (SSSR count). The van der Waals surface area contributed by atoms with Crippen molar-refractivity contribution in [3.63, 3.8) is 0 Å². The number of ether oxygens (including phenoxy) is 1. The minimum atomic E-state index is -0.215. The maximum Gasteiger partial charge on any atom is 0.127 e. The fourth-order valence-electron chi connectivity index (χ4n) is 2.17. The number of nitrogens with one attached hydrogen (secondary N) is 1. The monoisotopic (exact) mass is 265 g/mol. The first kappa shape index (κ1) is 14.3. The second-order valence-electron chi connectivity index (χ2n) is 5.66. The highest BCUT2D eigenvalue weighted by Gasteiger charge is 2.20. The van der Waals surface area contributed by atoms with Crippen molar-refractivity contribution >= 4 is 0 Å². The van der Waals surface area contributed by atoms with Gasteiger partial charge in [0.05, 0.1) is 6.61 Å². The van der Waals surface area contributed by atoms with E-state index in [1.54, 1.807) is 6.07 Å². The van der Waals surface area contributed by atoms with Crippen molar-refractivity contribution in [2.24, 2.45) is 5.92 Å². The molecule has 1 saturated carbocycles. The summed E-state index contributed by atoms with van der Waals surface area (Å²) in [5.74, 6) is 0.949. The maximum absolute atomic E-state index is 13.5. The number of benzene rings is 1. The summed E-state index contributed by atoms with van der Waals surface area (Å²) in [6, 6.07) is 5.63. The van der Waals surface area contributed by atoms with Crippen LogP contribution < -0.4 is 10.1 Å². The van der Waals surface area contributed by atoms with Gasteiger partial charge in [-0.3, -0.25) is 0 Å². The summed E-state index contributed by atoms with van der Waals surface area (Å²) >= 11 is 0. The van der Waals surface area contributed by atoms with E-state index in [9.17, 15) is 4.39 Å². The van der Waals surface area contributed by atoms with Crippen LogP contribution in [0.4, 0.5) is 4.39 Å². The topological polar surface area (TPSA) is 21.3 Å². The van der Waals surface area contributed by atoms with Crippen LogP contribution in [0, 0.1) is 11.7 Å². The van der Waals surface area contributed by atoms with Crippen molar-refractivity contribution in [3.05, 3.63) is 29.6 Å². The van der Waals surface area contributed by atoms with Crippen LogP contribution in [-0.4, -0.2) is 12.6 Å². The SMILES string of the molecule is CCCC(C)COc1cc(F)cc(CNC2CC2)c1. The predicted molar refractivity (Wildman–Crippen MR) is 75.8 cm³/mol. The minimum Gasteiger partial charge on any atom is -0.493 e. The van der Waals surface area contributed by atoms with Crippen LogP contribution in [-0.2, 0) is 6.54 Å². The Labute approximate surface area is 115 Å². The van der Waals surface area contributed by atoms with Crippen LogP contribution >= 0.6 is 0 Å². The Hall–Kier alpha value is -1.09. The van der Waals surface area contributed by atoms with Gasteiger partial charge in [-0.2, -0.15) is 0 Å². The highest BCUT2D eigenvalue weighted by molar-refractivity contribution is 5.29. The highest BCUT2D eigenvalue weighted by atomic mass is 19.1. The van der Waals surface area contributed by atoms with Crippen LogP contribution in [0.2, 0.25) is 0 Å². The third kappa shape index (κ3) is 5.19. The molecule has 0 radical (unpaired) electrons. The summed E-state index contributed by atoms with van der Waals surface area (Å²) in [5.41, 5.74) is 0.963. The van der Waals surface area contributed by atoms with E-state index in [0.29, 0.717) is 24.3 Å². The van der Waals surface area contributed by atoms with Gasteiger partial charge in [-0.15, -0.1) is 0 Å². The quantitative estimate of drug-likeness (QED) is 0.770. The summed E-state index contributed by atoms with van der Waals surface area (Å²) in [5, 5.41) is 3.39. The molecule has 0 amide bonds. The number of rotatable bonds is 8. The smallest absolute Gasteiger partial charge is 0.127 e. The normalized spacial score (nSPS) is 16.4. The average Bonchev–Trinajstić information content (AvgIpc) is 3.18. The summed E-state index contributed by atoms with van der Waals surface area (Å²) in [6.45, 7) is 5.72. The minimum absolute atomic E-state index is 0.215. The Morgan fingerprint density at radius 3 is 2.84 bits per heavy atom. The molecule has 1 atom stereocenters. The van der Waals surface area contributed by atoms with Crippen molar-refractivity contribution in [1.29, 1.82) is 0 Å². The Bertz CT molecular complexity index is 404. The van der Waals surface area contributed by atoms with E-state index >= 15 is 0 Å². The fourth-order valence-corrected chi connectivity index (χ4v) is 2.17. The molecule has 19 heavy (non-hydrogen) atoms. The molecule has 1 aromatic carbocycles. The predicted octanol–water partition coefficient (Wildman–Crippen LogP) is 3.89. The molecule has 1 aliphatic carbocycles. The van der Waals surface area contributed by atoms with Gasteiger partial charge in [0.1, 0.15) is 11.6 Å². The molecule has 0 aliphatic heterocycles. The van der Waals surface area contributed by atoms with Crippen LogP contribution in [0.15, 0.2) is 18.2 Å². The van der Waals surface area contributed by atoms with Gasteiger partial charge in [-0.25, -0.2) is 4.39 Å². The van der Waals surface area contributed by atoms with E-state index in [2.05, 4.69) is 19.2 Å². The van der Waals surface area contributed by atoms with Crippen molar-refractivity contribution in [2.45, 2.75) is 52.1 Å². The van der Waals surface area contributed by atoms with E-state index in [1.807, 2.05) is 6.07 Å². The van der Waals surface area contributed by atoms with Gasteiger partial charge in [-0.05, 0) is 42.9 Å². The standard InChI is InChI=1S/C16H24FNO/c1-3-4-12(2)11-19-16-8-13(7-14(17)9-16)10-18-15-5-6-15/h7-9,12,15,18H,3-6,10-11H2,1-2H3. The second kappa shape index (κ2) is 6.90. The molecular formula is C16H24FNO. The molecule has 1 aromatic rings. The lowest BCUT2D eigenvalue weighted by Crippen LogP contribution is -2.15. The van der Waals surface area contributed by atoms with Crippen LogP contribution in [0.5, 0.6) is 5.75 Å². The lowest BCUT2D eigenvalue weighted by Gasteiger charge is -2.13. The zero-order chi connectivity index (χ0) is 13.7. The average molecular weight is 265 g/mol. The summed E-state index contributed by atoms with van der Waals surface area (Å²) in [7, 11) is 0. The Morgan fingerprint density at radius 1 is 1.37 bits per heavy atom. The van der Waals surface area contributed by atoms with Crippen molar-refractivity contribution < 1.29 is 9.13 Å². The largest absolute Gasteiger partial charge is 0.493 e. The van der Waals surface area contributed by atoms with E-state index in [4.69, 9.17) is 4.74 Å². The molecule has 0 bridgehead atoms. The van der Waals surface area contributed by atoms with Crippen LogP contribution in [0.1, 0.15) is 45.1 Å². The molecular weight excluding hydrogens is 241 g/mol. The van der Waals surface area contributed by atoms with Crippen molar-refractivity contribution in [3.8, 4) is 5.75 Å². The number of hydrogen-bond acceptors (Lipinski definition) is 2. The number of hydrogen-bond donors (Lipinski definition) is 1. The first-order valence-electron chi connectivity index (χ1n) is 7.33. The first-order chi connectivity index (χ1) is 9.17. The fraction of sp³-hybridized carbons (Fsp3) is 0.625. The maximum atomic E-state index is 13.5. The third-order valence-corrected chi connectivity index (χ3v) is 3.42. The molecule has 1 N–H and O–H groups in total. The van der Waals surface area contributed by atoms with Gasteiger partial charge in [0.15, 0.2) is 0 Å². The molecule has 106 valence electrons. The zero-order valence-corrected chi connectivity index (χ0v) is 11.9. The van der Waals surface area contributed by atoms with Gasteiger partial charge in [-0.1, -0.05) is 20.3 Å². The van der Waals surface area contributed by atoms with Gasteiger partial charge in [0.25, 0.3) is 0 Å². The summed E-state index contributed by atoms with van der Waals surface area (Å²) < 4.78 is 19.2. The molecule has 0 saturated heterocycles. The van der Waals surface area contributed by atoms with Gasteiger partial charge in [0, 0.05) is 18.7 Å². The molecule has 2 nitrogen and oxygen atoms in total. The first-order valence-corrected chi connectivity index (χ1v) is 7.33. The van der Waals surface area contributed by atoms with E-state index in [1.165, 1.54) is 18.9 Å². The molecule has 1 fully saturated rings. The lowest BCUT2D eigenvalue weighted by molar-refractivity contribution is 0.250. The molecule has 0 aromatic heterocycles. The number of halogens is 1. The van der Waals surface area contributed by atoms with Crippen LogP contribution in [0.3, 0.4) is 0 Å². The van der Waals surface area contributed by atoms with Crippen LogP contribution in [0.25, 0.3) is 0 Å². The highest BCUT2D eigenvalue weighted by Crippen LogP contribution is 2.21. The summed E-state index contributed by atoms with van der Waals surface area (Å²) in [4.78, 5) is 0. The van der Waals surface area contributed by atoms with Gasteiger partial charge >= 0.3 is 0 Å². The summed E-state index contributed by atoms with van der Waals surface area (Å²) in [6.07, 6.45) is 4.79. The van der Waals surface area contributed by atoms with Gasteiger partial charge < -0.3 is 10.1 Å². The Balaban J connectivity index is 1.87. The Kier molecular flexibility index (Phi) is 5.20. The lowest BCUT2D eigenvalue weighted by atomic mass is 10.1. The molecule has 0 spiro atoms. The van der Waals surface area contributed by atoms with Gasteiger partial charge in [0.2, 0.25) is 0 Å². The molecule has 1 aliphatic rings. The zero-order valence-electron chi connectivity index (χ0n) is 11.9. The second-order valence-corrected chi connectivity index (χ2v) is 5.66. The van der Waals surface area contributed by atoms with E-state index in [0.717, 1.165) is 24.9 Å². The molecule has 0 heterocycles. The van der Waals surface area contributed by atoms with E-state index in [-0.39, 0.29) is 5.82 Å². The molecule has 1 unspecified atom stereocenters. The van der Waals surface area contributed by atoms with E-state index < -0.39 is 0 Å². The molecule has 3 heteroatoms.